The number of hydrogen-bond donors (Lipinski definition) is 1. The molecule has 0 saturated carbocycles. The Bertz CT molecular complexity index is 785. The van der Waals surface area contributed by atoms with Crippen LogP contribution in [-0.2, 0) is 4.57 Å². The van der Waals surface area contributed by atoms with Gasteiger partial charge in [0.1, 0.15) is 0 Å². The van der Waals surface area contributed by atoms with Crippen LogP contribution in [0.4, 0.5) is 5.69 Å². The highest BCUT2D eigenvalue weighted by Crippen LogP contribution is 2.44. The fraction of sp³-hybridized carbons (Fsp3) is 0.0526. The Morgan fingerprint density at radius 2 is 1.23 bits per heavy atom. The van der Waals surface area contributed by atoms with E-state index in [1.165, 1.54) is 0 Å². The van der Waals surface area contributed by atoms with Gasteiger partial charge < -0.3 is 10.3 Å². The molecule has 0 fully saturated rings. The van der Waals surface area contributed by atoms with Crippen LogP contribution in [-0.4, -0.2) is 0 Å². The van der Waals surface area contributed by atoms with Crippen molar-refractivity contribution in [3.8, 4) is 0 Å². The van der Waals surface area contributed by atoms with E-state index in [1.54, 1.807) is 0 Å². The first-order chi connectivity index (χ1) is 10.6. The minimum absolute atomic E-state index is 0.610. The molecule has 110 valence electrons. The molecule has 3 rings (SSSR count). The van der Waals surface area contributed by atoms with Gasteiger partial charge in [0.15, 0.2) is 7.14 Å². The lowest BCUT2D eigenvalue weighted by atomic mass is 10.2. The van der Waals surface area contributed by atoms with Crippen LogP contribution in [0.3, 0.4) is 0 Å². The van der Waals surface area contributed by atoms with Crippen molar-refractivity contribution in [1.29, 1.82) is 0 Å². The number of aryl methyl sites for hydroxylation is 1. The molecular formula is C19H18NOP. The Kier molecular flexibility index (Phi) is 3.87. The maximum Gasteiger partial charge on any atom is 0.173 e. The van der Waals surface area contributed by atoms with Crippen molar-refractivity contribution in [1.82, 2.24) is 0 Å². The average Bonchev–Trinajstić information content (AvgIpc) is 2.58. The summed E-state index contributed by atoms with van der Waals surface area (Å²) in [5.74, 6) is 0. The number of nitrogen functional groups attached to an aromatic ring is 1. The van der Waals surface area contributed by atoms with Gasteiger partial charge in [-0.2, -0.15) is 0 Å². The minimum atomic E-state index is -2.97. The number of benzene rings is 3. The third-order valence-corrected chi connectivity index (χ3v) is 7.00. The molecule has 2 nitrogen and oxygen atoms in total. The fourth-order valence-corrected chi connectivity index (χ4v) is 5.49. The van der Waals surface area contributed by atoms with Crippen LogP contribution >= 0.6 is 7.14 Å². The van der Waals surface area contributed by atoms with Gasteiger partial charge in [0.05, 0.1) is 0 Å². The second-order valence-corrected chi connectivity index (χ2v) is 8.02. The van der Waals surface area contributed by atoms with Crippen molar-refractivity contribution >= 4 is 28.7 Å². The standard InChI is InChI=1S/C19H18NOP/c1-15-9-8-14-18(19(15)20)22(21,16-10-4-2-5-11-16)17-12-6-3-7-13-17/h2-14H,20H2,1H3. The van der Waals surface area contributed by atoms with E-state index in [0.717, 1.165) is 16.2 Å². The van der Waals surface area contributed by atoms with Crippen LogP contribution in [0.25, 0.3) is 0 Å². The Balaban J connectivity index is 2.34. The zero-order chi connectivity index (χ0) is 15.6. The number of hydrogen-bond acceptors (Lipinski definition) is 2. The third-order valence-electron chi connectivity index (χ3n) is 3.88. The fourth-order valence-electron chi connectivity index (χ4n) is 2.64. The summed E-state index contributed by atoms with van der Waals surface area (Å²) in [5, 5.41) is 2.32. The SMILES string of the molecule is Cc1cccc(P(=O)(c2ccccc2)c2ccccc2)c1N. The summed E-state index contributed by atoms with van der Waals surface area (Å²) in [4.78, 5) is 0. The van der Waals surface area contributed by atoms with Crippen molar-refractivity contribution in [2.75, 3.05) is 5.73 Å². The molecule has 0 unspecified atom stereocenters. The molecule has 0 bridgehead atoms. The van der Waals surface area contributed by atoms with Gasteiger partial charge in [-0.05, 0) is 18.6 Å². The quantitative estimate of drug-likeness (QED) is 0.596. The Morgan fingerprint density at radius 1 is 0.727 bits per heavy atom. The molecule has 3 heteroatoms. The molecule has 0 aliphatic heterocycles. The van der Waals surface area contributed by atoms with Crippen molar-refractivity contribution in [3.63, 3.8) is 0 Å². The molecule has 0 aliphatic rings. The normalized spacial score (nSPS) is 11.3. The van der Waals surface area contributed by atoms with Crippen molar-refractivity contribution < 1.29 is 4.57 Å². The molecule has 3 aromatic rings. The second-order valence-electron chi connectivity index (χ2n) is 5.29. The summed E-state index contributed by atoms with van der Waals surface area (Å²) in [7, 11) is -2.97. The van der Waals surface area contributed by atoms with Crippen molar-refractivity contribution in [2.24, 2.45) is 0 Å². The highest BCUT2D eigenvalue weighted by molar-refractivity contribution is 7.85. The Morgan fingerprint density at radius 3 is 1.73 bits per heavy atom. The van der Waals surface area contributed by atoms with E-state index in [-0.39, 0.29) is 0 Å². The maximum atomic E-state index is 14.1. The molecule has 0 aliphatic carbocycles. The van der Waals surface area contributed by atoms with Gasteiger partial charge in [-0.25, -0.2) is 0 Å². The molecule has 3 aromatic carbocycles. The summed E-state index contributed by atoms with van der Waals surface area (Å²) in [6, 6.07) is 24.9. The first-order valence-corrected chi connectivity index (χ1v) is 8.91. The average molecular weight is 307 g/mol. The summed E-state index contributed by atoms with van der Waals surface area (Å²) >= 11 is 0. The van der Waals surface area contributed by atoms with Gasteiger partial charge >= 0.3 is 0 Å². The van der Waals surface area contributed by atoms with E-state index >= 15 is 0 Å². The maximum absolute atomic E-state index is 14.1. The van der Waals surface area contributed by atoms with Crippen LogP contribution in [0.5, 0.6) is 0 Å². The lowest BCUT2D eigenvalue weighted by molar-refractivity contribution is 0.592. The zero-order valence-electron chi connectivity index (χ0n) is 12.4. The Hall–Kier alpha value is -2.31. The van der Waals surface area contributed by atoms with E-state index in [4.69, 9.17) is 5.73 Å². The Labute approximate surface area is 131 Å². The monoisotopic (exact) mass is 307 g/mol. The minimum Gasteiger partial charge on any atom is -0.398 e. The number of nitrogens with two attached hydrogens (primary N) is 1. The van der Waals surface area contributed by atoms with Gasteiger partial charge in [0.25, 0.3) is 0 Å². The topological polar surface area (TPSA) is 43.1 Å². The lowest BCUT2D eigenvalue weighted by Crippen LogP contribution is -2.27. The molecule has 0 radical (unpaired) electrons. The van der Waals surface area contributed by atoms with Crippen LogP contribution in [0.15, 0.2) is 78.9 Å². The largest absolute Gasteiger partial charge is 0.398 e. The molecule has 0 aromatic heterocycles. The predicted octanol–water partition coefficient (Wildman–Crippen LogP) is 3.22. The number of rotatable bonds is 3. The highest BCUT2D eigenvalue weighted by Gasteiger charge is 2.31. The van der Waals surface area contributed by atoms with Crippen LogP contribution in [0.2, 0.25) is 0 Å². The highest BCUT2D eigenvalue weighted by atomic mass is 31.2. The van der Waals surface area contributed by atoms with Crippen molar-refractivity contribution in [3.05, 3.63) is 84.4 Å². The van der Waals surface area contributed by atoms with E-state index in [0.29, 0.717) is 11.0 Å². The predicted molar refractivity (Wildman–Crippen MR) is 95.0 cm³/mol. The molecular weight excluding hydrogens is 289 g/mol. The first kappa shape index (κ1) is 14.6. The third kappa shape index (κ3) is 2.36. The van der Waals surface area contributed by atoms with Gasteiger partial charge in [-0.1, -0.05) is 72.8 Å². The van der Waals surface area contributed by atoms with Crippen LogP contribution in [0.1, 0.15) is 5.56 Å². The molecule has 0 amide bonds. The molecule has 0 saturated heterocycles. The summed E-state index contributed by atoms with van der Waals surface area (Å²) in [6.07, 6.45) is 0. The summed E-state index contributed by atoms with van der Waals surface area (Å²) < 4.78 is 14.1. The molecule has 0 spiro atoms. The van der Waals surface area contributed by atoms with Gasteiger partial charge in [-0.3, -0.25) is 0 Å². The van der Waals surface area contributed by atoms with Crippen LogP contribution < -0.4 is 21.6 Å². The smallest absolute Gasteiger partial charge is 0.173 e. The number of anilines is 1. The van der Waals surface area contributed by atoms with Crippen LogP contribution in [0, 0.1) is 6.92 Å². The molecule has 0 atom stereocenters. The summed E-state index contributed by atoms with van der Waals surface area (Å²) in [6.45, 7) is 1.94. The van der Waals surface area contributed by atoms with Gasteiger partial charge in [0.2, 0.25) is 0 Å². The van der Waals surface area contributed by atoms with E-state index < -0.39 is 7.14 Å². The molecule has 22 heavy (non-hydrogen) atoms. The van der Waals surface area contributed by atoms with Gasteiger partial charge in [0, 0.05) is 21.6 Å². The van der Waals surface area contributed by atoms with E-state index in [1.807, 2.05) is 85.8 Å². The molecule has 0 heterocycles. The first-order valence-electron chi connectivity index (χ1n) is 7.21. The lowest BCUT2D eigenvalue weighted by Gasteiger charge is -2.22. The zero-order valence-corrected chi connectivity index (χ0v) is 13.3. The number of para-hydroxylation sites is 1. The van der Waals surface area contributed by atoms with E-state index in [2.05, 4.69) is 0 Å². The second kappa shape index (κ2) is 5.82. The molecule has 2 N–H and O–H groups in total. The summed E-state index contributed by atoms with van der Waals surface area (Å²) in [5.41, 5.74) is 7.83. The van der Waals surface area contributed by atoms with Crippen molar-refractivity contribution in [2.45, 2.75) is 6.92 Å². The van der Waals surface area contributed by atoms with E-state index in [9.17, 15) is 4.57 Å². The van der Waals surface area contributed by atoms with Gasteiger partial charge in [-0.15, -0.1) is 0 Å².